The van der Waals surface area contributed by atoms with Crippen LogP contribution in [0, 0.1) is 36.1 Å². The molecule has 0 bridgehead atoms. The van der Waals surface area contributed by atoms with Crippen LogP contribution < -0.4 is 9.47 Å². The molecule has 1 aliphatic rings. The van der Waals surface area contributed by atoms with Crippen LogP contribution in [0.4, 0.5) is 17.6 Å². The lowest BCUT2D eigenvalue weighted by atomic mass is 10.1. The van der Waals surface area contributed by atoms with Gasteiger partial charge < -0.3 is 18.9 Å². The Hall–Kier alpha value is -2.32. The molecule has 2 aromatic rings. The second-order valence-electron chi connectivity index (χ2n) is 8.58. The molecule has 0 aromatic heterocycles. The molecule has 0 unspecified atom stereocenters. The Morgan fingerprint density at radius 2 is 1.38 bits per heavy atom. The summed E-state index contributed by atoms with van der Waals surface area (Å²) >= 11 is 0. The number of halogens is 4. The summed E-state index contributed by atoms with van der Waals surface area (Å²) in [7, 11) is 0. The summed E-state index contributed by atoms with van der Waals surface area (Å²) in [5, 5.41) is 0. The third kappa shape index (κ3) is 6.85. The average molecular weight is 485 g/mol. The lowest BCUT2D eigenvalue weighted by Gasteiger charge is -2.30. The highest BCUT2D eigenvalue weighted by Crippen LogP contribution is 2.32. The van der Waals surface area contributed by atoms with Crippen molar-refractivity contribution in [3.63, 3.8) is 0 Å². The molecule has 1 fully saturated rings. The van der Waals surface area contributed by atoms with Crippen LogP contribution in [0.3, 0.4) is 0 Å². The number of aryl methyl sites for hydroxylation is 1. The lowest BCUT2D eigenvalue weighted by molar-refractivity contribution is -0.210. The first-order valence-corrected chi connectivity index (χ1v) is 11.8. The summed E-state index contributed by atoms with van der Waals surface area (Å²) in [4.78, 5) is 0. The van der Waals surface area contributed by atoms with Gasteiger partial charge in [0, 0.05) is 11.5 Å². The van der Waals surface area contributed by atoms with E-state index in [1.807, 2.05) is 0 Å². The molecule has 4 nitrogen and oxygen atoms in total. The van der Waals surface area contributed by atoms with Crippen molar-refractivity contribution in [2.75, 3.05) is 26.4 Å². The van der Waals surface area contributed by atoms with Gasteiger partial charge >= 0.3 is 0 Å². The minimum absolute atomic E-state index is 0.0220. The summed E-state index contributed by atoms with van der Waals surface area (Å²) in [6, 6.07) is 5.55. The average Bonchev–Trinajstić information content (AvgIpc) is 2.84. The van der Waals surface area contributed by atoms with E-state index < -0.39 is 29.6 Å². The molecule has 0 aliphatic carbocycles. The molecule has 188 valence electrons. The van der Waals surface area contributed by atoms with Crippen LogP contribution in [-0.2, 0) is 9.47 Å². The molecular formula is C26H32F4O4. The summed E-state index contributed by atoms with van der Waals surface area (Å²) in [6.07, 6.45) is 5.34. The summed E-state index contributed by atoms with van der Waals surface area (Å²) in [5.74, 6) is -4.76. The first-order chi connectivity index (χ1) is 16.4. The van der Waals surface area contributed by atoms with E-state index >= 15 is 0 Å². The molecule has 0 saturated carbocycles. The minimum atomic E-state index is -1.08. The van der Waals surface area contributed by atoms with Gasteiger partial charge in [-0.15, -0.1) is 0 Å². The molecule has 0 atom stereocenters. The third-order valence-corrected chi connectivity index (χ3v) is 5.77. The van der Waals surface area contributed by atoms with E-state index in [9.17, 15) is 17.6 Å². The van der Waals surface area contributed by atoms with Gasteiger partial charge in [-0.2, -0.15) is 8.78 Å². The van der Waals surface area contributed by atoms with Crippen molar-refractivity contribution in [2.24, 2.45) is 5.92 Å². The Labute approximate surface area is 198 Å². The first kappa shape index (κ1) is 26.3. The standard InChI is InChI=1S/C26H32F4O4/c1-3-4-5-6-7-8-13-31-20-12-10-19(23(28)25(20)30)26-33-15-18(16-34-26)14-32-21-11-9-17(2)22(27)24(21)29/h9-12,18,26H,3-8,13-16H2,1-2H3. The molecule has 3 rings (SSSR count). The van der Waals surface area contributed by atoms with Crippen LogP contribution in [0.2, 0.25) is 0 Å². The zero-order chi connectivity index (χ0) is 24.5. The zero-order valence-electron chi connectivity index (χ0n) is 19.7. The number of benzene rings is 2. The SMILES string of the molecule is CCCCCCCCOc1ccc(C2OCC(COc3ccc(C)c(F)c3F)CO2)c(F)c1F. The fourth-order valence-electron chi connectivity index (χ4n) is 3.67. The first-order valence-electron chi connectivity index (χ1n) is 11.8. The Morgan fingerprint density at radius 3 is 2.12 bits per heavy atom. The van der Waals surface area contributed by atoms with Crippen molar-refractivity contribution >= 4 is 0 Å². The molecule has 34 heavy (non-hydrogen) atoms. The van der Waals surface area contributed by atoms with Gasteiger partial charge in [0.15, 0.2) is 29.4 Å². The van der Waals surface area contributed by atoms with Crippen LogP contribution in [0.15, 0.2) is 24.3 Å². The van der Waals surface area contributed by atoms with Crippen LogP contribution in [0.5, 0.6) is 11.5 Å². The molecule has 0 amide bonds. The zero-order valence-corrected chi connectivity index (χ0v) is 19.7. The topological polar surface area (TPSA) is 36.9 Å². The monoisotopic (exact) mass is 484 g/mol. The molecule has 1 heterocycles. The summed E-state index contributed by atoms with van der Waals surface area (Å²) in [6.45, 7) is 4.20. The molecule has 0 radical (unpaired) electrons. The number of ether oxygens (including phenoxy) is 4. The molecule has 1 aliphatic heterocycles. The van der Waals surface area contributed by atoms with Gasteiger partial charge in [-0.05, 0) is 37.1 Å². The maximum absolute atomic E-state index is 14.6. The molecular weight excluding hydrogens is 452 g/mol. The van der Waals surface area contributed by atoms with Crippen molar-refractivity contribution in [1.29, 1.82) is 0 Å². The normalized spacial score (nSPS) is 18.2. The van der Waals surface area contributed by atoms with E-state index in [4.69, 9.17) is 18.9 Å². The predicted octanol–water partition coefficient (Wildman–Crippen LogP) is 7.03. The minimum Gasteiger partial charge on any atom is -0.490 e. The van der Waals surface area contributed by atoms with Gasteiger partial charge in [-0.3, -0.25) is 0 Å². The van der Waals surface area contributed by atoms with E-state index in [1.54, 1.807) is 0 Å². The Morgan fingerprint density at radius 1 is 0.765 bits per heavy atom. The van der Waals surface area contributed by atoms with Crippen LogP contribution in [-0.4, -0.2) is 26.4 Å². The van der Waals surface area contributed by atoms with Gasteiger partial charge in [0.25, 0.3) is 0 Å². The van der Waals surface area contributed by atoms with E-state index in [0.717, 1.165) is 19.3 Å². The highest BCUT2D eigenvalue weighted by atomic mass is 19.2. The highest BCUT2D eigenvalue weighted by molar-refractivity contribution is 5.32. The van der Waals surface area contributed by atoms with Gasteiger partial charge in [0.2, 0.25) is 11.6 Å². The van der Waals surface area contributed by atoms with Gasteiger partial charge in [0.1, 0.15) is 0 Å². The van der Waals surface area contributed by atoms with Crippen molar-refractivity contribution in [3.8, 4) is 11.5 Å². The van der Waals surface area contributed by atoms with Crippen LogP contribution in [0.1, 0.15) is 62.9 Å². The maximum Gasteiger partial charge on any atom is 0.201 e. The van der Waals surface area contributed by atoms with E-state index in [-0.39, 0.29) is 48.4 Å². The summed E-state index contributed by atoms with van der Waals surface area (Å²) in [5.41, 5.74) is 0.126. The molecule has 8 heteroatoms. The Kier molecular flexibility index (Phi) is 10.0. The number of hydrogen-bond acceptors (Lipinski definition) is 4. The quantitative estimate of drug-likeness (QED) is 0.239. The van der Waals surface area contributed by atoms with E-state index in [2.05, 4.69) is 6.92 Å². The van der Waals surface area contributed by atoms with E-state index in [0.29, 0.717) is 6.61 Å². The fourth-order valence-corrected chi connectivity index (χ4v) is 3.67. The Balaban J connectivity index is 1.46. The van der Waals surface area contributed by atoms with Crippen LogP contribution in [0.25, 0.3) is 0 Å². The number of hydrogen-bond donors (Lipinski definition) is 0. The Bertz CT molecular complexity index is 930. The smallest absolute Gasteiger partial charge is 0.201 e. The maximum atomic E-state index is 14.6. The van der Waals surface area contributed by atoms with Gasteiger partial charge in [-0.1, -0.05) is 45.1 Å². The summed E-state index contributed by atoms with van der Waals surface area (Å²) < 4.78 is 78.5. The van der Waals surface area contributed by atoms with Crippen molar-refractivity contribution < 1.29 is 36.5 Å². The van der Waals surface area contributed by atoms with E-state index in [1.165, 1.54) is 50.5 Å². The third-order valence-electron chi connectivity index (χ3n) is 5.77. The second kappa shape index (κ2) is 13.0. The largest absolute Gasteiger partial charge is 0.490 e. The van der Waals surface area contributed by atoms with Gasteiger partial charge in [-0.25, -0.2) is 8.78 Å². The second-order valence-corrected chi connectivity index (χ2v) is 8.58. The lowest BCUT2D eigenvalue weighted by Crippen LogP contribution is -2.31. The number of rotatable bonds is 12. The molecule has 0 N–H and O–H groups in total. The highest BCUT2D eigenvalue weighted by Gasteiger charge is 2.29. The van der Waals surface area contributed by atoms with Crippen LogP contribution >= 0.6 is 0 Å². The molecule has 0 spiro atoms. The van der Waals surface area contributed by atoms with Crippen molar-refractivity contribution in [3.05, 3.63) is 58.7 Å². The number of unbranched alkanes of at least 4 members (excludes halogenated alkanes) is 5. The van der Waals surface area contributed by atoms with Crippen molar-refractivity contribution in [1.82, 2.24) is 0 Å². The molecule has 1 saturated heterocycles. The predicted molar refractivity (Wildman–Crippen MR) is 120 cm³/mol. The van der Waals surface area contributed by atoms with Crippen molar-refractivity contribution in [2.45, 2.75) is 58.7 Å². The molecule has 2 aromatic carbocycles. The van der Waals surface area contributed by atoms with Gasteiger partial charge in [0.05, 0.1) is 26.4 Å². The fraction of sp³-hybridized carbons (Fsp3) is 0.538.